The molecule has 0 saturated carbocycles. The van der Waals surface area contributed by atoms with Crippen molar-refractivity contribution in [3.05, 3.63) is 66.6 Å². The van der Waals surface area contributed by atoms with Gasteiger partial charge in [-0.25, -0.2) is 4.98 Å². The number of pyridine rings is 1. The second kappa shape index (κ2) is 7.74. The van der Waals surface area contributed by atoms with E-state index in [1.54, 1.807) is 22.8 Å². The molecule has 0 atom stereocenters. The van der Waals surface area contributed by atoms with Crippen molar-refractivity contribution in [2.45, 2.75) is 12.8 Å². The normalized spacial score (nSPS) is 11.6. The second-order valence-electron chi connectivity index (χ2n) is 6.08. The molecule has 0 saturated heterocycles. The van der Waals surface area contributed by atoms with Crippen LogP contribution < -0.4 is 10.1 Å². The summed E-state index contributed by atoms with van der Waals surface area (Å²) in [6.07, 6.45) is -1.01. The Labute approximate surface area is 163 Å². The summed E-state index contributed by atoms with van der Waals surface area (Å²) in [5, 5.41) is 7.43. The zero-order valence-corrected chi connectivity index (χ0v) is 15.0. The molecule has 0 aliphatic rings. The summed E-state index contributed by atoms with van der Waals surface area (Å²) < 4.78 is 42.2. The van der Waals surface area contributed by atoms with Gasteiger partial charge in [-0.3, -0.25) is 4.98 Å². The molecule has 4 aromatic rings. The summed E-state index contributed by atoms with van der Waals surface area (Å²) in [6, 6.07) is 13.2. The average Bonchev–Trinajstić information content (AvgIpc) is 3.18. The van der Waals surface area contributed by atoms with Crippen molar-refractivity contribution in [1.82, 2.24) is 24.6 Å². The number of hydrogen-bond acceptors (Lipinski definition) is 6. The molecule has 0 radical (unpaired) electrons. The Bertz CT molecular complexity index is 1100. The lowest BCUT2D eigenvalue weighted by molar-refractivity contribution is -0.274. The number of fused-ring (bicyclic) bond motifs is 1. The van der Waals surface area contributed by atoms with Gasteiger partial charge in [0, 0.05) is 18.8 Å². The molecule has 0 aliphatic carbocycles. The van der Waals surface area contributed by atoms with Crippen LogP contribution in [-0.4, -0.2) is 37.5 Å². The summed E-state index contributed by atoms with van der Waals surface area (Å²) in [7, 11) is 0. The van der Waals surface area contributed by atoms with E-state index in [1.807, 2.05) is 24.3 Å². The predicted molar refractivity (Wildman–Crippen MR) is 99.3 cm³/mol. The highest BCUT2D eigenvalue weighted by molar-refractivity contribution is 5.62. The number of hydrogen-bond donors (Lipinski definition) is 1. The van der Waals surface area contributed by atoms with Crippen molar-refractivity contribution in [3.63, 3.8) is 0 Å². The minimum absolute atomic E-state index is 0.243. The first-order chi connectivity index (χ1) is 14.0. The van der Waals surface area contributed by atoms with Crippen LogP contribution in [0.3, 0.4) is 0 Å². The van der Waals surface area contributed by atoms with Crippen LogP contribution >= 0.6 is 0 Å². The van der Waals surface area contributed by atoms with Crippen molar-refractivity contribution in [3.8, 4) is 17.1 Å². The number of alkyl halides is 3. The van der Waals surface area contributed by atoms with Crippen LogP contribution in [0.1, 0.15) is 5.56 Å². The molecule has 0 amide bonds. The third-order valence-electron chi connectivity index (χ3n) is 4.06. The van der Waals surface area contributed by atoms with Gasteiger partial charge in [-0.15, -0.1) is 13.2 Å². The molecule has 0 spiro atoms. The molecule has 4 rings (SSSR count). The monoisotopic (exact) mass is 400 g/mol. The van der Waals surface area contributed by atoms with Gasteiger partial charge in [0.2, 0.25) is 0 Å². The lowest BCUT2D eigenvalue weighted by Crippen LogP contribution is -2.17. The maximum absolute atomic E-state index is 12.2. The zero-order valence-electron chi connectivity index (χ0n) is 15.0. The van der Waals surface area contributed by atoms with E-state index in [9.17, 15) is 13.2 Å². The van der Waals surface area contributed by atoms with Crippen LogP contribution in [-0.2, 0) is 6.42 Å². The molecule has 1 N–H and O–H groups in total. The number of nitrogens with one attached hydrogen (secondary N) is 1. The molecule has 29 heavy (non-hydrogen) atoms. The maximum atomic E-state index is 12.2. The van der Waals surface area contributed by atoms with Gasteiger partial charge in [-0.05, 0) is 36.2 Å². The Balaban J connectivity index is 1.46. The first-order valence-corrected chi connectivity index (χ1v) is 8.69. The van der Waals surface area contributed by atoms with Crippen LogP contribution in [0.2, 0.25) is 0 Å². The summed E-state index contributed by atoms with van der Waals surface area (Å²) in [5.41, 5.74) is 2.23. The fourth-order valence-electron chi connectivity index (χ4n) is 2.78. The van der Waals surface area contributed by atoms with Gasteiger partial charge >= 0.3 is 6.36 Å². The number of rotatable bonds is 6. The molecule has 148 valence electrons. The van der Waals surface area contributed by atoms with E-state index >= 15 is 0 Å². The number of nitrogens with zero attached hydrogens (tertiary/aromatic N) is 5. The number of ether oxygens (including phenoxy) is 1. The molecule has 0 bridgehead atoms. The fourth-order valence-corrected chi connectivity index (χ4v) is 2.78. The summed E-state index contributed by atoms with van der Waals surface area (Å²) in [4.78, 5) is 12.9. The highest BCUT2D eigenvalue weighted by atomic mass is 19.4. The third-order valence-corrected chi connectivity index (χ3v) is 4.06. The Morgan fingerprint density at radius 2 is 1.83 bits per heavy atom. The quantitative estimate of drug-likeness (QED) is 0.531. The van der Waals surface area contributed by atoms with Gasteiger partial charge in [0.25, 0.3) is 5.78 Å². The van der Waals surface area contributed by atoms with Gasteiger partial charge in [-0.1, -0.05) is 18.2 Å². The standard InChI is InChI=1S/C19H15F3N6O/c20-19(21,22)29-14-6-4-13(5-7-14)8-10-24-17-11-16(15-3-1-2-9-23-15)27-18-25-12-26-28(17)18/h1-7,9,11-12,24H,8,10H2. The first kappa shape index (κ1) is 18.7. The third kappa shape index (κ3) is 4.60. The number of aromatic nitrogens is 5. The number of anilines is 1. The summed E-state index contributed by atoms with van der Waals surface area (Å²) in [6.45, 7) is 0.528. The van der Waals surface area contributed by atoms with Crippen LogP contribution in [0.5, 0.6) is 5.75 Å². The van der Waals surface area contributed by atoms with E-state index in [2.05, 4.69) is 30.1 Å². The largest absolute Gasteiger partial charge is 0.573 e. The predicted octanol–water partition coefficient (Wildman–Crippen LogP) is 3.74. The van der Waals surface area contributed by atoms with Crippen LogP contribution in [0.15, 0.2) is 61.1 Å². The lowest BCUT2D eigenvalue weighted by Gasteiger charge is -2.11. The van der Waals surface area contributed by atoms with E-state index in [1.165, 1.54) is 18.5 Å². The SMILES string of the molecule is FC(F)(F)Oc1ccc(CCNc2cc(-c3ccccn3)nc3ncnn23)cc1. The molecule has 3 aromatic heterocycles. The topological polar surface area (TPSA) is 77.2 Å². The van der Waals surface area contributed by atoms with E-state index < -0.39 is 6.36 Å². The molecule has 0 fully saturated rings. The van der Waals surface area contributed by atoms with E-state index in [-0.39, 0.29) is 5.75 Å². The summed E-state index contributed by atoms with van der Waals surface area (Å²) >= 11 is 0. The molecule has 10 heteroatoms. The van der Waals surface area contributed by atoms with Crippen molar-refractivity contribution < 1.29 is 17.9 Å². The Kier molecular flexibility index (Phi) is 4.98. The van der Waals surface area contributed by atoms with Gasteiger partial charge < -0.3 is 10.1 Å². The van der Waals surface area contributed by atoms with Gasteiger partial charge in [0.15, 0.2) is 0 Å². The molecule has 0 unspecified atom stereocenters. The van der Waals surface area contributed by atoms with Crippen LogP contribution in [0.25, 0.3) is 17.2 Å². The minimum Gasteiger partial charge on any atom is -0.406 e. The van der Waals surface area contributed by atoms with Gasteiger partial charge in [-0.2, -0.15) is 14.6 Å². The first-order valence-electron chi connectivity index (χ1n) is 8.69. The molecule has 3 heterocycles. The molecular formula is C19H15F3N6O. The van der Waals surface area contributed by atoms with E-state index in [0.717, 1.165) is 5.56 Å². The van der Waals surface area contributed by atoms with Crippen molar-refractivity contribution >= 4 is 11.6 Å². The smallest absolute Gasteiger partial charge is 0.406 e. The van der Waals surface area contributed by atoms with Crippen LogP contribution in [0, 0.1) is 0 Å². The average molecular weight is 400 g/mol. The molecule has 0 aliphatic heterocycles. The Hall–Kier alpha value is -3.69. The van der Waals surface area contributed by atoms with E-state index in [4.69, 9.17) is 0 Å². The Morgan fingerprint density at radius 3 is 2.55 bits per heavy atom. The lowest BCUT2D eigenvalue weighted by atomic mass is 10.1. The van der Waals surface area contributed by atoms with Crippen molar-refractivity contribution in [2.75, 3.05) is 11.9 Å². The van der Waals surface area contributed by atoms with Crippen molar-refractivity contribution in [1.29, 1.82) is 0 Å². The van der Waals surface area contributed by atoms with Gasteiger partial charge in [0.05, 0.1) is 11.4 Å². The highest BCUT2D eigenvalue weighted by Gasteiger charge is 2.30. The summed E-state index contributed by atoms with van der Waals surface area (Å²) in [5.74, 6) is 0.877. The molecule has 1 aromatic carbocycles. The number of benzene rings is 1. The van der Waals surface area contributed by atoms with E-state index in [0.29, 0.717) is 35.9 Å². The van der Waals surface area contributed by atoms with Crippen LogP contribution in [0.4, 0.5) is 19.0 Å². The van der Waals surface area contributed by atoms with Crippen molar-refractivity contribution in [2.24, 2.45) is 0 Å². The molecule has 7 nitrogen and oxygen atoms in total. The Morgan fingerprint density at radius 1 is 1.00 bits per heavy atom. The molecular weight excluding hydrogens is 385 g/mol. The second-order valence-corrected chi connectivity index (χ2v) is 6.08. The maximum Gasteiger partial charge on any atom is 0.573 e. The fraction of sp³-hybridized carbons (Fsp3) is 0.158. The van der Waals surface area contributed by atoms with Gasteiger partial charge in [0.1, 0.15) is 17.9 Å². The highest BCUT2D eigenvalue weighted by Crippen LogP contribution is 2.23. The number of halogens is 3. The minimum atomic E-state index is -4.70. The zero-order chi connectivity index (χ0) is 20.3.